The van der Waals surface area contributed by atoms with E-state index in [2.05, 4.69) is 20.9 Å². The molecule has 0 saturated carbocycles. The van der Waals surface area contributed by atoms with Crippen molar-refractivity contribution in [1.82, 2.24) is 24.5 Å². The molecule has 0 N–H and O–H groups in total. The highest BCUT2D eigenvalue weighted by Crippen LogP contribution is 2.38. The second-order valence-electron chi connectivity index (χ2n) is 10.1. The summed E-state index contributed by atoms with van der Waals surface area (Å²) in [7, 11) is 3.16. The number of rotatable bonds is 4. The average Bonchev–Trinajstić information content (AvgIpc) is 2.99. The Morgan fingerprint density at radius 1 is 1.10 bits per heavy atom. The number of carbonyl (C=O) groups is 1. The van der Waals surface area contributed by atoms with E-state index in [9.17, 15) is 9.59 Å². The van der Waals surface area contributed by atoms with Crippen molar-refractivity contribution >= 4 is 28.4 Å². The summed E-state index contributed by atoms with van der Waals surface area (Å²) in [6, 6.07) is 7.41. The Morgan fingerprint density at radius 3 is 2.67 bits per heavy atom. The first-order valence-electron chi connectivity index (χ1n) is 13.2. The Balaban J connectivity index is 1.45. The number of nitrogens with zero attached hydrogens (tertiary/aromatic N) is 6. The highest BCUT2D eigenvalue weighted by atomic mass is 16.5. The number of hydrogen-bond acceptors (Lipinski definition) is 9. The minimum atomic E-state index is -0.487. The summed E-state index contributed by atoms with van der Waals surface area (Å²) in [5, 5.41) is 0.935. The smallest absolute Gasteiger partial charge is 0.356 e. The summed E-state index contributed by atoms with van der Waals surface area (Å²) in [6.45, 7) is 4.04. The molecule has 6 rings (SSSR count). The zero-order chi connectivity index (χ0) is 27.1. The second kappa shape index (κ2) is 10.2. The SMILES string of the molecule is COC(=O)c1ccc(-c2ncc3c(n2)CCCN3c2nc(C3CCOCC3)cc3c2cc(C)c(=O)n3C)cn1. The van der Waals surface area contributed by atoms with E-state index in [1.807, 2.05) is 26.2 Å². The lowest BCUT2D eigenvalue weighted by Gasteiger charge is -2.32. The summed E-state index contributed by atoms with van der Waals surface area (Å²) in [5.41, 5.74) is 5.33. The van der Waals surface area contributed by atoms with Crippen LogP contribution in [0, 0.1) is 6.92 Å². The number of aromatic nitrogens is 5. The molecule has 0 spiro atoms. The molecule has 4 aromatic heterocycles. The van der Waals surface area contributed by atoms with Crippen molar-refractivity contribution in [2.24, 2.45) is 7.05 Å². The van der Waals surface area contributed by atoms with E-state index in [4.69, 9.17) is 19.4 Å². The summed E-state index contributed by atoms with van der Waals surface area (Å²) < 4.78 is 12.1. The van der Waals surface area contributed by atoms with Gasteiger partial charge in [-0.3, -0.25) is 4.79 Å². The molecule has 0 bridgehead atoms. The lowest BCUT2D eigenvalue weighted by Crippen LogP contribution is -2.28. The number of aryl methyl sites for hydroxylation is 3. The number of esters is 1. The van der Waals surface area contributed by atoms with E-state index in [0.717, 1.165) is 71.6 Å². The van der Waals surface area contributed by atoms with Crippen molar-refractivity contribution in [1.29, 1.82) is 0 Å². The maximum Gasteiger partial charge on any atom is 0.356 e. The van der Waals surface area contributed by atoms with Crippen molar-refractivity contribution in [3.05, 3.63) is 69.7 Å². The molecule has 2 aliphatic rings. The molecule has 6 heterocycles. The third kappa shape index (κ3) is 4.54. The standard InChI is InChI=1S/C29H30N6O4/c1-17-13-20-24(34(2)28(17)36)14-23(18-8-11-39-12-9-18)33-27(20)35-10-4-5-21-25(35)16-31-26(32-21)19-6-7-22(30-15-19)29(37)38-3/h6-7,13-16,18H,4-5,8-12H2,1-3H3. The molecule has 200 valence electrons. The van der Waals surface area contributed by atoms with Crippen LogP contribution < -0.4 is 10.5 Å². The van der Waals surface area contributed by atoms with E-state index in [-0.39, 0.29) is 17.2 Å². The fraction of sp³-hybridized carbons (Fsp3) is 0.379. The van der Waals surface area contributed by atoms with Gasteiger partial charge in [0, 0.05) is 61.1 Å². The number of pyridine rings is 3. The van der Waals surface area contributed by atoms with Gasteiger partial charge in [0.2, 0.25) is 0 Å². The zero-order valence-corrected chi connectivity index (χ0v) is 22.3. The minimum Gasteiger partial charge on any atom is -0.464 e. The molecular weight excluding hydrogens is 496 g/mol. The molecule has 1 fully saturated rings. The van der Waals surface area contributed by atoms with Gasteiger partial charge in [-0.25, -0.2) is 24.7 Å². The largest absolute Gasteiger partial charge is 0.464 e. The van der Waals surface area contributed by atoms with Crippen LogP contribution in [0.4, 0.5) is 11.5 Å². The number of fused-ring (bicyclic) bond motifs is 2. The zero-order valence-electron chi connectivity index (χ0n) is 22.3. The normalized spacial score (nSPS) is 15.8. The molecule has 10 nitrogen and oxygen atoms in total. The van der Waals surface area contributed by atoms with Crippen LogP contribution >= 0.6 is 0 Å². The third-order valence-corrected chi connectivity index (χ3v) is 7.64. The Kier molecular flexibility index (Phi) is 6.56. The van der Waals surface area contributed by atoms with Gasteiger partial charge in [0.1, 0.15) is 11.5 Å². The van der Waals surface area contributed by atoms with Crippen LogP contribution in [0.5, 0.6) is 0 Å². The molecule has 10 heteroatoms. The van der Waals surface area contributed by atoms with Crippen LogP contribution in [0.1, 0.15) is 52.6 Å². The quantitative estimate of drug-likeness (QED) is 0.366. The van der Waals surface area contributed by atoms with E-state index >= 15 is 0 Å². The predicted octanol–water partition coefficient (Wildman–Crippen LogP) is 3.86. The van der Waals surface area contributed by atoms with E-state index in [1.54, 1.807) is 22.9 Å². The molecule has 0 amide bonds. The first-order chi connectivity index (χ1) is 18.9. The molecular formula is C29H30N6O4. The topological polar surface area (TPSA) is 112 Å². The first-order valence-corrected chi connectivity index (χ1v) is 13.2. The van der Waals surface area contributed by atoms with Gasteiger partial charge in [0.25, 0.3) is 5.56 Å². The van der Waals surface area contributed by atoms with Crippen LogP contribution in [0.2, 0.25) is 0 Å². The first kappa shape index (κ1) is 25.1. The van der Waals surface area contributed by atoms with Crippen molar-refractivity contribution in [3.63, 3.8) is 0 Å². The van der Waals surface area contributed by atoms with Crippen LogP contribution in [0.25, 0.3) is 22.3 Å². The average molecular weight is 527 g/mol. The van der Waals surface area contributed by atoms with Gasteiger partial charge in [0.15, 0.2) is 5.82 Å². The lowest BCUT2D eigenvalue weighted by atomic mass is 9.95. The van der Waals surface area contributed by atoms with Crippen molar-refractivity contribution in [2.75, 3.05) is 31.8 Å². The Labute approximate surface area is 225 Å². The summed E-state index contributed by atoms with van der Waals surface area (Å²) in [5.74, 6) is 1.17. The molecule has 0 aliphatic carbocycles. The molecule has 0 atom stereocenters. The number of hydrogen-bond donors (Lipinski definition) is 0. The van der Waals surface area contributed by atoms with Gasteiger partial charge in [-0.05, 0) is 56.9 Å². The van der Waals surface area contributed by atoms with E-state index in [1.165, 1.54) is 7.11 Å². The number of ether oxygens (including phenoxy) is 2. The van der Waals surface area contributed by atoms with Crippen LogP contribution in [0.15, 0.2) is 41.5 Å². The molecule has 0 unspecified atom stereocenters. The lowest BCUT2D eigenvalue weighted by molar-refractivity contribution is 0.0594. The Morgan fingerprint density at radius 2 is 1.92 bits per heavy atom. The number of anilines is 2. The van der Waals surface area contributed by atoms with Crippen LogP contribution in [-0.2, 0) is 22.9 Å². The van der Waals surface area contributed by atoms with Gasteiger partial charge in [0.05, 0.1) is 30.2 Å². The molecule has 0 aromatic carbocycles. The predicted molar refractivity (Wildman–Crippen MR) is 146 cm³/mol. The maximum absolute atomic E-state index is 12.9. The summed E-state index contributed by atoms with van der Waals surface area (Å²) in [6.07, 6.45) is 6.95. The Hall–Kier alpha value is -4.18. The molecule has 0 radical (unpaired) electrons. The van der Waals surface area contributed by atoms with E-state index in [0.29, 0.717) is 24.6 Å². The van der Waals surface area contributed by atoms with Crippen LogP contribution in [0.3, 0.4) is 0 Å². The van der Waals surface area contributed by atoms with E-state index < -0.39 is 5.97 Å². The van der Waals surface area contributed by atoms with Crippen molar-refractivity contribution in [2.45, 2.75) is 38.5 Å². The van der Waals surface area contributed by atoms with Gasteiger partial charge in [-0.15, -0.1) is 0 Å². The highest BCUT2D eigenvalue weighted by molar-refractivity contribution is 5.93. The Bertz CT molecular complexity index is 1630. The monoisotopic (exact) mass is 526 g/mol. The fourth-order valence-corrected chi connectivity index (χ4v) is 5.48. The molecule has 39 heavy (non-hydrogen) atoms. The molecule has 2 aliphatic heterocycles. The molecule has 4 aromatic rings. The van der Waals surface area contributed by atoms with Gasteiger partial charge in [-0.1, -0.05) is 0 Å². The van der Waals surface area contributed by atoms with Gasteiger partial charge < -0.3 is 18.9 Å². The summed E-state index contributed by atoms with van der Waals surface area (Å²) in [4.78, 5) is 45.8. The van der Waals surface area contributed by atoms with Gasteiger partial charge in [-0.2, -0.15) is 0 Å². The highest BCUT2D eigenvalue weighted by Gasteiger charge is 2.27. The maximum atomic E-state index is 12.9. The number of methoxy groups -OCH3 is 1. The third-order valence-electron chi connectivity index (χ3n) is 7.64. The minimum absolute atomic E-state index is 0.00331. The van der Waals surface area contributed by atoms with Crippen LogP contribution in [-0.4, -0.2) is 57.3 Å². The van der Waals surface area contributed by atoms with Crippen molar-refractivity contribution < 1.29 is 14.3 Å². The summed E-state index contributed by atoms with van der Waals surface area (Å²) >= 11 is 0. The second-order valence-corrected chi connectivity index (χ2v) is 10.1. The fourth-order valence-electron chi connectivity index (χ4n) is 5.48. The number of carbonyl (C=O) groups excluding carboxylic acids is 1. The molecule has 1 saturated heterocycles. The van der Waals surface area contributed by atoms with Crippen molar-refractivity contribution in [3.8, 4) is 11.4 Å². The van der Waals surface area contributed by atoms with Gasteiger partial charge >= 0.3 is 5.97 Å².